The highest BCUT2D eigenvalue weighted by Gasteiger charge is 2.38. The van der Waals surface area contributed by atoms with Crippen molar-refractivity contribution in [1.82, 2.24) is 0 Å². The molecule has 2 heterocycles. The van der Waals surface area contributed by atoms with Crippen LogP contribution < -0.4 is 9.00 Å². The summed E-state index contributed by atoms with van der Waals surface area (Å²) in [4.78, 5) is 0. The Labute approximate surface area is 154 Å². The normalized spacial score (nSPS) is 12.0. The average Bonchev–Trinajstić information content (AvgIpc) is 3.09. The summed E-state index contributed by atoms with van der Waals surface area (Å²) in [5.74, 6) is 0. The first-order chi connectivity index (χ1) is 10.1. The topological polar surface area (TPSA) is 0 Å². The molecule has 2 aromatic rings. The average molecular weight is 466 g/mol. The minimum Gasteiger partial charge on any atom is -0.138 e. The predicted molar refractivity (Wildman–Crippen MR) is 108 cm³/mol. The lowest BCUT2D eigenvalue weighted by molar-refractivity contribution is 0.839. The van der Waals surface area contributed by atoms with Gasteiger partial charge in [-0.05, 0) is 65.1 Å². The molecule has 0 spiro atoms. The molecule has 0 nitrogen and oxygen atoms in total. The van der Waals surface area contributed by atoms with E-state index in [-0.39, 0.29) is 0 Å². The van der Waals surface area contributed by atoms with Crippen LogP contribution in [0.4, 0.5) is 0 Å². The highest BCUT2D eigenvalue weighted by Crippen LogP contribution is 2.30. The molecule has 5 heteroatoms. The van der Waals surface area contributed by atoms with Crippen LogP contribution in [0.1, 0.15) is 39.5 Å². The van der Waals surface area contributed by atoms with Crippen molar-refractivity contribution in [3.8, 4) is 0 Å². The van der Waals surface area contributed by atoms with Gasteiger partial charge in [-0.2, -0.15) is 0 Å². The van der Waals surface area contributed by atoms with Gasteiger partial charge in [0.2, 0.25) is 0 Å². The maximum Gasteiger partial charge on any atom is 0.143 e. The number of halogens is 2. The van der Waals surface area contributed by atoms with Gasteiger partial charge in [-0.1, -0.05) is 51.7 Å². The second-order valence-corrected chi connectivity index (χ2v) is 15.4. The molecule has 0 aliphatic rings. The fraction of sp³-hybridized carbons (Fsp3) is 0.500. The van der Waals surface area contributed by atoms with Gasteiger partial charge in [0, 0.05) is 0 Å². The SMILES string of the molecule is CCCC[Si](CCCC)(c1ccc(Br)s1)c1ccc(Br)s1. The van der Waals surface area contributed by atoms with E-state index in [1.807, 2.05) is 22.7 Å². The van der Waals surface area contributed by atoms with Gasteiger partial charge < -0.3 is 0 Å². The van der Waals surface area contributed by atoms with Crippen LogP contribution in [-0.4, -0.2) is 8.07 Å². The number of rotatable bonds is 8. The van der Waals surface area contributed by atoms with Gasteiger partial charge in [0.1, 0.15) is 8.07 Å². The van der Waals surface area contributed by atoms with Gasteiger partial charge in [0.25, 0.3) is 0 Å². The van der Waals surface area contributed by atoms with Crippen LogP contribution in [0, 0.1) is 0 Å². The maximum atomic E-state index is 3.67. The lowest BCUT2D eigenvalue weighted by Gasteiger charge is -2.30. The Kier molecular flexibility index (Phi) is 7.20. The van der Waals surface area contributed by atoms with Crippen molar-refractivity contribution in [3.63, 3.8) is 0 Å². The first-order valence-electron chi connectivity index (χ1n) is 7.64. The van der Waals surface area contributed by atoms with E-state index in [1.165, 1.54) is 45.3 Å². The van der Waals surface area contributed by atoms with Crippen LogP contribution in [0.25, 0.3) is 0 Å². The van der Waals surface area contributed by atoms with Gasteiger partial charge in [-0.3, -0.25) is 0 Å². The van der Waals surface area contributed by atoms with E-state index >= 15 is 0 Å². The van der Waals surface area contributed by atoms with E-state index in [2.05, 4.69) is 70.0 Å². The van der Waals surface area contributed by atoms with E-state index in [1.54, 1.807) is 9.00 Å². The number of hydrogen-bond donors (Lipinski definition) is 0. The molecule has 0 unspecified atom stereocenters. The van der Waals surface area contributed by atoms with Crippen LogP contribution >= 0.6 is 54.5 Å². The molecule has 2 aromatic heterocycles. The number of thiophene rings is 2. The summed E-state index contributed by atoms with van der Waals surface area (Å²) in [5, 5.41) is 0. The molecule has 0 bridgehead atoms. The molecule has 0 fully saturated rings. The standard InChI is InChI=1S/C16H22Br2S2Si/c1-3-5-11-21(12-6-4-2,15-9-7-13(17)19-15)16-10-8-14(18)20-16/h7-10H,3-6,11-12H2,1-2H3. The Morgan fingerprint density at radius 1 is 0.810 bits per heavy atom. The minimum atomic E-state index is -1.57. The quantitative estimate of drug-likeness (QED) is 0.390. The van der Waals surface area contributed by atoms with Gasteiger partial charge in [-0.25, -0.2) is 0 Å². The molecule has 0 radical (unpaired) electrons. The summed E-state index contributed by atoms with van der Waals surface area (Å²) in [6.45, 7) is 4.63. The van der Waals surface area contributed by atoms with Crippen molar-refractivity contribution >= 4 is 71.6 Å². The third kappa shape index (κ3) is 4.31. The minimum absolute atomic E-state index is 1.28. The summed E-state index contributed by atoms with van der Waals surface area (Å²) in [5.41, 5.74) is 0. The number of unbranched alkanes of at least 4 members (excludes halogenated alkanes) is 2. The fourth-order valence-electron chi connectivity index (χ4n) is 2.84. The van der Waals surface area contributed by atoms with Crippen LogP contribution in [0.5, 0.6) is 0 Å². The Balaban J connectivity index is 2.46. The molecule has 0 aliphatic carbocycles. The van der Waals surface area contributed by atoms with Crippen LogP contribution in [-0.2, 0) is 0 Å². The molecule has 116 valence electrons. The molecule has 21 heavy (non-hydrogen) atoms. The Morgan fingerprint density at radius 2 is 1.24 bits per heavy atom. The van der Waals surface area contributed by atoms with Crippen molar-refractivity contribution < 1.29 is 0 Å². The van der Waals surface area contributed by atoms with Crippen LogP contribution in [0.2, 0.25) is 12.1 Å². The summed E-state index contributed by atoms with van der Waals surface area (Å²) in [6, 6.07) is 12.0. The third-order valence-electron chi connectivity index (χ3n) is 4.00. The Bertz CT molecular complexity index is 512. The van der Waals surface area contributed by atoms with E-state index in [9.17, 15) is 0 Å². The first-order valence-corrected chi connectivity index (χ1v) is 13.3. The van der Waals surface area contributed by atoms with Crippen molar-refractivity contribution in [2.24, 2.45) is 0 Å². The molecular weight excluding hydrogens is 444 g/mol. The molecule has 0 N–H and O–H groups in total. The maximum absolute atomic E-state index is 3.67. The molecule has 0 atom stereocenters. The largest absolute Gasteiger partial charge is 0.143 e. The zero-order chi connectivity index (χ0) is 15.3. The molecule has 0 saturated heterocycles. The molecular formula is C16H22Br2S2Si. The number of hydrogen-bond acceptors (Lipinski definition) is 2. The van der Waals surface area contributed by atoms with Crippen molar-refractivity contribution in [1.29, 1.82) is 0 Å². The summed E-state index contributed by atoms with van der Waals surface area (Å²) < 4.78 is 5.87. The van der Waals surface area contributed by atoms with Crippen LogP contribution in [0.15, 0.2) is 31.8 Å². The molecule has 0 aliphatic heterocycles. The fourth-order valence-corrected chi connectivity index (χ4v) is 14.5. The molecule has 0 saturated carbocycles. The second kappa shape index (κ2) is 8.43. The van der Waals surface area contributed by atoms with E-state index in [4.69, 9.17) is 0 Å². The smallest absolute Gasteiger partial charge is 0.138 e. The molecule has 0 aromatic carbocycles. The second-order valence-electron chi connectivity index (χ2n) is 5.50. The van der Waals surface area contributed by atoms with E-state index in [0.29, 0.717) is 0 Å². The summed E-state index contributed by atoms with van der Waals surface area (Å²) in [7, 11) is -1.57. The lowest BCUT2D eigenvalue weighted by Crippen LogP contribution is -2.55. The zero-order valence-corrected chi connectivity index (χ0v) is 18.4. The summed E-state index contributed by atoms with van der Waals surface area (Å²) in [6.07, 6.45) is 5.28. The van der Waals surface area contributed by atoms with Crippen molar-refractivity contribution in [3.05, 3.63) is 31.8 Å². The van der Waals surface area contributed by atoms with Crippen LogP contribution in [0.3, 0.4) is 0 Å². The predicted octanol–water partition coefficient (Wildman–Crippen LogP) is 6.50. The highest BCUT2D eigenvalue weighted by atomic mass is 79.9. The van der Waals surface area contributed by atoms with Gasteiger partial charge >= 0.3 is 0 Å². The third-order valence-corrected chi connectivity index (χ3v) is 14.5. The monoisotopic (exact) mass is 464 g/mol. The van der Waals surface area contributed by atoms with Crippen molar-refractivity contribution in [2.45, 2.75) is 51.6 Å². The van der Waals surface area contributed by atoms with E-state index in [0.717, 1.165) is 0 Å². The van der Waals surface area contributed by atoms with Gasteiger partial charge in [0.15, 0.2) is 0 Å². The van der Waals surface area contributed by atoms with Gasteiger partial charge in [0.05, 0.1) is 7.57 Å². The first kappa shape index (κ1) is 17.9. The Hall–Kier alpha value is 0.577. The zero-order valence-electron chi connectivity index (χ0n) is 12.6. The van der Waals surface area contributed by atoms with Gasteiger partial charge in [-0.15, -0.1) is 22.7 Å². The van der Waals surface area contributed by atoms with E-state index < -0.39 is 8.07 Å². The van der Waals surface area contributed by atoms with Crippen molar-refractivity contribution in [2.75, 3.05) is 0 Å². The summed E-state index contributed by atoms with van der Waals surface area (Å²) >= 11 is 11.3. The molecule has 0 amide bonds. The lowest BCUT2D eigenvalue weighted by atomic mass is 10.4. The Morgan fingerprint density at radius 3 is 1.52 bits per heavy atom. The molecule has 2 rings (SSSR count). The highest BCUT2D eigenvalue weighted by molar-refractivity contribution is 9.11.